The first-order valence-corrected chi connectivity index (χ1v) is 5.37. The minimum Gasteiger partial charge on any atom is -0.0836 e. The number of benzene rings is 1. The lowest BCUT2D eigenvalue weighted by molar-refractivity contribution is 0.589. The Labute approximate surface area is 86.7 Å². The van der Waals surface area contributed by atoms with Gasteiger partial charge in [0.2, 0.25) is 0 Å². The highest BCUT2D eigenvalue weighted by Crippen LogP contribution is 2.27. The highest BCUT2D eigenvalue weighted by Gasteiger charge is 2.15. The van der Waals surface area contributed by atoms with Gasteiger partial charge in [-0.2, -0.15) is 0 Å². The highest BCUT2D eigenvalue weighted by atomic mass is 14.2. The predicted molar refractivity (Wildman–Crippen MR) is 62.5 cm³/mol. The third kappa shape index (κ3) is 1.75. The van der Waals surface area contributed by atoms with Crippen molar-refractivity contribution in [1.82, 2.24) is 0 Å². The van der Waals surface area contributed by atoms with Gasteiger partial charge in [-0.25, -0.2) is 0 Å². The molecule has 0 nitrogen and oxygen atoms in total. The van der Waals surface area contributed by atoms with Crippen molar-refractivity contribution in [1.29, 1.82) is 0 Å². The molecule has 0 fully saturated rings. The van der Waals surface area contributed by atoms with Gasteiger partial charge >= 0.3 is 0 Å². The van der Waals surface area contributed by atoms with E-state index in [4.69, 9.17) is 0 Å². The van der Waals surface area contributed by atoms with E-state index >= 15 is 0 Å². The van der Waals surface area contributed by atoms with Gasteiger partial charge in [-0.3, -0.25) is 0 Å². The zero-order valence-electron chi connectivity index (χ0n) is 9.30. The normalized spacial score (nSPS) is 15.4. The second-order valence-electron chi connectivity index (χ2n) is 5.10. The summed E-state index contributed by atoms with van der Waals surface area (Å²) in [5.74, 6) is 0. The third-order valence-corrected chi connectivity index (χ3v) is 2.89. The molecular formula is C14H18. The van der Waals surface area contributed by atoms with Crippen LogP contribution in [0.1, 0.15) is 43.9 Å². The summed E-state index contributed by atoms with van der Waals surface area (Å²) in [4.78, 5) is 0. The van der Waals surface area contributed by atoms with Gasteiger partial charge in [0.1, 0.15) is 0 Å². The van der Waals surface area contributed by atoms with Gasteiger partial charge in [0, 0.05) is 0 Å². The Hall–Kier alpha value is -1.04. The van der Waals surface area contributed by atoms with Gasteiger partial charge < -0.3 is 0 Å². The van der Waals surface area contributed by atoms with Crippen molar-refractivity contribution in [3.8, 4) is 0 Å². The van der Waals surface area contributed by atoms with Crippen molar-refractivity contribution >= 4 is 6.08 Å². The second kappa shape index (κ2) is 3.27. The van der Waals surface area contributed by atoms with Crippen LogP contribution in [0.2, 0.25) is 0 Å². The predicted octanol–water partition coefficient (Wildman–Crippen LogP) is 3.94. The maximum absolute atomic E-state index is 2.34. The second-order valence-corrected chi connectivity index (χ2v) is 5.10. The molecule has 74 valence electrons. The van der Waals surface area contributed by atoms with Crippen LogP contribution in [-0.4, -0.2) is 0 Å². The monoisotopic (exact) mass is 186 g/mol. The smallest absolute Gasteiger partial charge is 0.0132 e. The number of allylic oxidation sites excluding steroid dienone is 1. The van der Waals surface area contributed by atoms with E-state index in [0.717, 1.165) is 0 Å². The molecule has 1 aromatic carbocycles. The van der Waals surface area contributed by atoms with E-state index in [1.165, 1.54) is 29.5 Å². The third-order valence-electron chi connectivity index (χ3n) is 2.89. The minimum absolute atomic E-state index is 0.264. The van der Waals surface area contributed by atoms with Gasteiger partial charge in [-0.1, -0.05) is 51.1 Å². The summed E-state index contributed by atoms with van der Waals surface area (Å²) < 4.78 is 0. The maximum atomic E-state index is 2.34. The Kier molecular flexibility index (Phi) is 2.22. The highest BCUT2D eigenvalue weighted by molar-refractivity contribution is 5.57. The van der Waals surface area contributed by atoms with Crippen molar-refractivity contribution in [2.45, 2.75) is 39.0 Å². The molecule has 1 aliphatic carbocycles. The largest absolute Gasteiger partial charge is 0.0836 e. The number of fused-ring (bicyclic) bond motifs is 1. The van der Waals surface area contributed by atoms with Gasteiger partial charge in [-0.05, 0) is 34.9 Å². The Morgan fingerprint density at radius 3 is 2.64 bits per heavy atom. The molecule has 1 aromatic rings. The maximum Gasteiger partial charge on any atom is -0.0132 e. The average Bonchev–Trinajstić information content (AvgIpc) is 2.16. The summed E-state index contributed by atoms with van der Waals surface area (Å²) in [5.41, 5.74) is 4.62. The zero-order chi connectivity index (χ0) is 10.2. The molecule has 0 heteroatoms. The Morgan fingerprint density at radius 2 is 1.93 bits per heavy atom. The lowest BCUT2D eigenvalue weighted by Crippen LogP contribution is -2.11. The molecule has 0 radical (unpaired) electrons. The van der Waals surface area contributed by atoms with Crippen LogP contribution in [0, 0.1) is 0 Å². The fourth-order valence-electron chi connectivity index (χ4n) is 1.89. The number of hydrogen-bond acceptors (Lipinski definition) is 0. The van der Waals surface area contributed by atoms with Crippen molar-refractivity contribution in [3.63, 3.8) is 0 Å². The molecule has 0 heterocycles. The van der Waals surface area contributed by atoms with Crippen LogP contribution in [0.15, 0.2) is 24.3 Å². The Morgan fingerprint density at radius 1 is 1.14 bits per heavy atom. The minimum atomic E-state index is 0.264. The molecule has 14 heavy (non-hydrogen) atoms. The quantitative estimate of drug-likeness (QED) is 0.575. The summed E-state index contributed by atoms with van der Waals surface area (Å²) in [6.07, 6.45) is 6.93. The molecule has 0 spiro atoms. The van der Waals surface area contributed by atoms with E-state index in [1.807, 2.05) is 0 Å². The summed E-state index contributed by atoms with van der Waals surface area (Å²) >= 11 is 0. The van der Waals surface area contributed by atoms with Gasteiger partial charge in [0.05, 0.1) is 0 Å². The topological polar surface area (TPSA) is 0 Å². The first kappa shape index (κ1) is 9.51. The Bertz CT molecular complexity index is 364. The molecule has 0 N–H and O–H groups in total. The van der Waals surface area contributed by atoms with Gasteiger partial charge in [0.25, 0.3) is 0 Å². The molecule has 2 rings (SSSR count). The van der Waals surface area contributed by atoms with Crippen LogP contribution < -0.4 is 0 Å². The molecule has 0 unspecified atom stereocenters. The molecule has 0 saturated carbocycles. The fourth-order valence-corrected chi connectivity index (χ4v) is 1.89. The number of hydrogen-bond donors (Lipinski definition) is 0. The van der Waals surface area contributed by atoms with Crippen LogP contribution in [-0.2, 0) is 11.8 Å². The zero-order valence-corrected chi connectivity index (χ0v) is 9.30. The van der Waals surface area contributed by atoms with E-state index in [1.54, 1.807) is 0 Å². The lowest BCUT2D eigenvalue weighted by Gasteiger charge is -2.21. The number of rotatable bonds is 0. The van der Waals surface area contributed by atoms with Crippen LogP contribution in [0.25, 0.3) is 6.08 Å². The van der Waals surface area contributed by atoms with Gasteiger partial charge in [-0.15, -0.1) is 0 Å². The van der Waals surface area contributed by atoms with Crippen molar-refractivity contribution in [3.05, 3.63) is 41.0 Å². The van der Waals surface area contributed by atoms with Crippen LogP contribution >= 0.6 is 0 Å². The standard InChI is InChI=1S/C14H18/c1-14(2,3)13-9-8-11-6-4-5-7-12(11)10-13/h5,7-10H,4,6H2,1-3H3. The molecule has 0 saturated heterocycles. The van der Waals surface area contributed by atoms with Gasteiger partial charge in [0.15, 0.2) is 0 Å². The summed E-state index contributed by atoms with van der Waals surface area (Å²) in [5, 5.41) is 0. The SMILES string of the molecule is CC(C)(C)c1ccc2c(c1)C=CCC2. The van der Waals surface area contributed by atoms with E-state index in [0.29, 0.717) is 0 Å². The van der Waals surface area contributed by atoms with Crippen LogP contribution in [0.5, 0.6) is 0 Å². The summed E-state index contributed by atoms with van der Waals surface area (Å²) in [6.45, 7) is 6.80. The van der Waals surface area contributed by atoms with E-state index in [-0.39, 0.29) is 5.41 Å². The average molecular weight is 186 g/mol. The number of aryl methyl sites for hydroxylation is 1. The molecular weight excluding hydrogens is 168 g/mol. The summed E-state index contributed by atoms with van der Waals surface area (Å²) in [6, 6.07) is 6.91. The molecule has 0 bridgehead atoms. The Balaban J connectivity index is 2.45. The van der Waals surface area contributed by atoms with Crippen LogP contribution in [0.4, 0.5) is 0 Å². The fraction of sp³-hybridized carbons (Fsp3) is 0.429. The van der Waals surface area contributed by atoms with E-state index in [2.05, 4.69) is 51.1 Å². The van der Waals surface area contributed by atoms with Crippen molar-refractivity contribution in [2.75, 3.05) is 0 Å². The first-order valence-electron chi connectivity index (χ1n) is 5.37. The van der Waals surface area contributed by atoms with E-state index in [9.17, 15) is 0 Å². The molecule has 1 aliphatic rings. The molecule has 0 aliphatic heterocycles. The molecule has 0 atom stereocenters. The first-order chi connectivity index (χ1) is 6.57. The molecule has 0 amide bonds. The lowest BCUT2D eigenvalue weighted by atomic mass is 9.84. The van der Waals surface area contributed by atoms with Crippen LogP contribution in [0.3, 0.4) is 0 Å². The summed E-state index contributed by atoms with van der Waals surface area (Å²) in [7, 11) is 0. The van der Waals surface area contributed by atoms with Crippen molar-refractivity contribution in [2.24, 2.45) is 0 Å². The van der Waals surface area contributed by atoms with Crippen molar-refractivity contribution < 1.29 is 0 Å². The molecule has 0 aromatic heterocycles. The van der Waals surface area contributed by atoms with E-state index < -0.39 is 0 Å².